The van der Waals surface area contributed by atoms with Crippen LogP contribution in [0, 0.1) is 6.92 Å². The lowest BCUT2D eigenvalue weighted by Gasteiger charge is -2.34. The van der Waals surface area contributed by atoms with Crippen molar-refractivity contribution in [2.75, 3.05) is 45.2 Å². The number of rotatable bonds is 6. The number of nitrogens with zero attached hydrogens (tertiary/aromatic N) is 2. The largest absolute Gasteiger partial charge is 0.495 e. The second-order valence-corrected chi connectivity index (χ2v) is 7.52. The van der Waals surface area contributed by atoms with E-state index in [1.807, 2.05) is 37.3 Å². The number of methoxy groups -OCH3 is 1. The molecule has 1 N–H and O–H groups in total. The number of amides is 2. The summed E-state index contributed by atoms with van der Waals surface area (Å²) in [5, 5.41) is 3.78. The van der Waals surface area contributed by atoms with E-state index in [0.717, 1.165) is 16.7 Å². The van der Waals surface area contributed by atoms with Crippen molar-refractivity contribution in [3.63, 3.8) is 0 Å². The highest BCUT2D eigenvalue weighted by Crippen LogP contribution is 2.38. The molecule has 6 nitrogen and oxygen atoms in total. The van der Waals surface area contributed by atoms with E-state index >= 15 is 0 Å². The second-order valence-electron chi connectivity index (χ2n) is 7.11. The summed E-state index contributed by atoms with van der Waals surface area (Å²) in [5.41, 5.74) is 3.72. The molecule has 0 aromatic heterocycles. The molecule has 2 aromatic carbocycles. The molecule has 2 aromatic rings. The molecule has 1 aliphatic heterocycles. The maximum absolute atomic E-state index is 12.7. The van der Waals surface area contributed by atoms with Crippen LogP contribution in [-0.2, 0) is 9.59 Å². The first-order valence-electron chi connectivity index (χ1n) is 9.81. The Hall–Kier alpha value is -2.99. The number of carbonyl (C=O) groups excluding carboxylic acids is 2. The molecule has 3 rings (SSSR count). The van der Waals surface area contributed by atoms with Crippen LogP contribution in [0.25, 0.3) is 11.1 Å². The number of piperazine rings is 1. The lowest BCUT2D eigenvalue weighted by Crippen LogP contribution is -2.51. The highest BCUT2D eigenvalue weighted by Gasteiger charge is 2.23. The Balaban J connectivity index is 1.71. The SMILES string of the molecule is C=CC(=O)N1CCN(C(=O)CNc2cc(-c3ccccc3C)c(Cl)cc2OC)CC1. The molecule has 0 unspecified atom stereocenters. The Morgan fingerprint density at radius 1 is 1.13 bits per heavy atom. The minimum Gasteiger partial charge on any atom is -0.495 e. The lowest BCUT2D eigenvalue weighted by atomic mass is 10.00. The van der Waals surface area contributed by atoms with Crippen molar-refractivity contribution in [3.05, 3.63) is 59.6 Å². The molecule has 7 heteroatoms. The molecule has 0 aliphatic carbocycles. The van der Waals surface area contributed by atoms with E-state index in [9.17, 15) is 9.59 Å². The first-order valence-corrected chi connectivity index (χ1v) is 10.2. The monoisotopic (exact) mass is 427 g/mol. The molecule has 2 amide bonds. The molecule has 1 fully saturated rings. The molecular formula is C23H26ClN3O3. The number of nitrogens with one attached hydrogen (secondary N) is 1. The summed E-state index contributed by atoms with van der Waals surface area (Å²) in [6.45, 7) is 7.70. The minimum atomic E-state index is -0.102. The number of aryl methyl sites for hydroxylation is 1. The van der Waals surface area contributed by atoms with E-state index in [1.165, 1.54) is 6.08 Å². The van der Waals surface area contributed by atoms with E-state index in [4.69, 9.17) is 16.3 Å². The summed E-state index contributed by atoms with van der Waals surface area (Å²) in [5.74, 6) is 0.441. The molecular weight excluding hydrogens is 402 g/mol. The van der Waals surface area contributed by atoms with Crippen LogP contribution in [0.3, 0.4) is 0 Å². The number of halogens is 1. The molecule has 0 bridgehead atoms. The highest BCUT2D eigenvalue weighted by molar-refractivity contribution is 6.33. The molecule has 30 heavy (non-hydrogen) atoms. The predicted molar refractivity (Wildman–Crippen MR) is 120 cm³/mol. The predicted octanol–water partition coefficient (Wildman–Crippen LogP) is 3.59. The van der Waals surface area contributed by atoms with Gasteiger partial charge >= 0.3 is 0 Å². The fourth-order valence-corrected chi connectivity index (χ4v) is 3.79. The van der Waals surface area contributed by atoms with Gasteiger partial charge in [0, 0.05) is 37.8 Å². The Labute approximate surface area is 182 Å². The number of anilines is 1. The van der Waals surface area contributed by atoms with Gasteiger partial charge in [-0.15, -0.1) is 0 Å². The van der Waals surface area contributed by atoms with Crippen LogP contribution in [0.1, 0.15) is 5.56 Å². The molecule has 0 radical (unpaired) electrons. The zero-order valence-corrected chi connectivity index (χ0v) is 18.0. The number of ether oxygens (including phenoxy) is 1. The van der Waals surface area contributed by atoms with Gasteiger partial charge in [0.25, 0.3) is 0 Å². The van der Waals surface area contributed by atoms with Gasteiger partial charge in [0.1, 0.15) is 5.75 Å². The van der Waals surface area contributed by atoms with E-state index in [-0.39, 0.29) is 18.4 Å². The smallest absolute Gasteiger partial charge is 0.246 e. The van der Waals surface area contributed by atoms with E-state index in [2.05, 4.69) is 11.9 Å². The normalized spacial score (nSPS) is 13.7. The third kappa shape index (κ3) is 4.76. The molecule has 1 saturated heterocycles. The quantitative estimate of drug-likeness (QED) is 0.715. The van der Waals surface area contributed by atoms with Crippen LogP contribution >= 0.6 is 11.6 Å². The van der Waals surface area contributed by atoms with Crippen LogP contribution in [-0.4, -0.2) is 61.4 Å². The second kappa shape index (κ2) is 9.67. The molecule has 1 aliphatic rings. The van der Waals surface area contributed by atoms with Crippen molar-refractivity contribution in [3.8, 4) is 16.9 Å². The fraction of sp³-hybridized carbons (Fsp3) is 0.304. The van der Waals surface area contributed by atoms with E-state index < -0.39 is 0 Å². The van der Waals surface area contributed by atoms with Crippen molar-refractivity contribution in [1.29, 1.82) is 0 Å². The topological polar surface area (TPSA) is 61.9 Å². The summed E-state index contributed by atoms with van der Waals surface area (Å²) in [4.78, 5) is 27.8. The first-order chi connectivity index (χ1) is 14.4. The van der Waals surface area contributed by atoms with Gasteiger partial charge in [-0.1, -0.05) is 42.4 Å². The summed E-state index contributed by atoms with van der Waals surface area (Å²) in [6.07, 6.45) is 1.30. The first kappa shape index (κ1) is 21.7. The van der Waals surface area contributed by atoms with Gasteiger partial charge in [0.15, 0.2) is 0 Å². The molecule has 1 heterocycles. The Kier molecular flexibility index (Phi) is 7.00. The van der Waals surface area contributed by atoms with Crippen molar-refractivity contribution >= 4 is 29.1 Å². The van der Waals surface area contributed by atoms with E-state index in [0.29, 0.717) is 42.6 Å². The molecule has 158 valence electrons. The maximum Gasteiger partial charge on any atom is 0.246 e. The van der Waals surface area contributed by atoms with Gasteiger partial charge in [0.2, 0.25) is 11.8 Å². The molecule has 0 atom stereocenters. The van der Waals surface area contributed by atoms with Crippen molar-refractivity contribution in [2.45, 2.75) is 6.92 Å². The molecule has 0 spiro atoms. The minimum absolute atomic E-state index is 0.0323. The van der Waals surface area contributed by atoms with Crippen LogP contribution in [0.2, 0.25) is 5.02 Å². The van der Waals surface area contributed by atoms with Crippen molar-refractivity contribution < 1.29 is 14.3 Å². The number of hydrogen-bond donors (Lipinski definition) is 1. The number of benzene rings is 2. The average Bonchev–Trinajstić information content (AvgIpc) is 2.77. The van der Waals surface area contributed by atoms with Gasteiger partial charge in [0.05, 0.1) is 24.4 Å². The van der Waals surface area contributed by atoms with Crippen LogP contribution < -0.4 is 10.1 Å². The summed E-state index contributed by atoms with van der Waals surface area (Å²) >= 11 is 6.50. The van der Waals surface area contributed by atoms with E-state index in [1.54, 1.807) is 23.0 Å². The van der Waals surface area contributed by atoms with Crippen molar-refractivity contribution in [2.24, 2.45) is 0 Å². The Morgan fingerprint density at radius 3 is 2.43 bits per heavy atom. The average molecular weight is 428 g/mol. The zero-order chi connectivity index (χ0) is 21.7. The molecule has 0 saturated carbocycles. The van der Waals surface area contributed by atoms with Crippen LogP contribution in [0.4, 0.5) is 5.69 Å². The highest BCUT2D eigenvalue weighted by atomic mass is 35.5. The Morgan fingerprint density at radius 2 is 1.80 bits per heavy atom. The number of hydrogen-bond acceptors (Lipinski definition) is 4. The standard InChI is InChI=1S/C23H26ClN3O3/c1-4-22(28)26-9-11-27(12-10-26)23(29)15-25-20-13-18(19(24)14-21(20)30-3)17-8-6-5-7-16(17)2/h4-8,13-14,25H,1,9-12,15H2,2-3H3. The van der Waals surface area contributed by atoms with Crippen LogP contribution in [0.15, 0.2) is 49.1 Å². The summed E-state index contributed by atoms with van der Waals surface area (Å²) < 4.78 is 5.45. The number of carbonyl (C=O) groups is 2. The van der Waals surface area contributed by atoms with Gasteiger partial charge < -0.3 is 19.9 Å². The van der Waals surface area contributed by atoms with Gasteiger partial charge in [-0.3, -0.25) is 9.59 Å². The van der Waals surface area contributed by atoms with Crippen LogP contribution in [0.5, 0.6) is 5.75 Å². The summed E-state index contributed by atoms with van der Waals surface area (Å²) in [7, 11) is 1.57. The van der Waals surface area contributed by atoms with Gasteiger partial charge in [-0.25, -0.2) is 0 Å². The maximum atomic E-state index is 12.7. The van der Waals surface area contributed by atoms with Crippen molar-refractivity contribution in [1.82, 2.24) is 9.80 Å². The van der Waals surface area contributed by atoms with Gasteiger partial charge in [-0.2, -0.15) is 0 Å². The van der Waals surface area contributed by atoms with Gasteiger partial charge in [-0.05, 0) is 30.2 Å². The summed E-state index contributed by atoms with van der Waals surface area (Å²) in [6, 6.07) is 11.7. The third-order valence-corrected chi connectivity index (χ3v) is 5.59. The lowest BCUT2D eigenvalue weighted by molar-refractivity contribution is -0.135. The third-order valence-electron chi connectivity index (χ3n) is 5.27. The Bertz CT molecular complexity index is 953. The fourth-order valence-electron chi connectivity index (χ4n) is 3.53. The zero-order valence-electron chi connectivity index (χ0n) is 17.3.